The van der Waals surface area contributed by atoms with Gasteiger partial charge in [0, 0.05) is 29.1 Å². The Labute approximate surface area is 120 Å². The van der Waals surface area contributed by atoms with Crippen LogP contribution >= 0.6 is 11.3 Å². The zero-order valence-electron chi connectivity index (χ0n) is 12.1. The fourth-order valence-corrected chi connectivity index (χ4v) is 4.32. The van der Waals surface area contributed by atoms with Crippen LogP contribution in [0.5, 0.6) is 0 Å². The highest BCUT2D eigenvalue weighted by Gasteiger charge is 2.44. The first kappa shape index (κ1) is 14.9. The summed E-state index contributed by atoms with van der Waals surface area (Å²) in [6.07, 6.45) is 8.09. The molecular formula is C14H26N4S. The molecule has 0 radical (unpaired) electrons. The third kappa shape index (κ3) is 2.99. The molecule has 1 aromatic rings. The molecule has 19 heavy (non-hydrogen) atoms. The van der Waals surface area contributed by atoms with Crippen molar-refractivity contribution in [2.75, 3.05) is 13.1 Å². The normalized spacial score (nSPS) is 20.0. The molecule has 0 spiro atoms. The first-order valence-corrected chi connectivity index (χ1v) is 8.23. The average molecular weight is 282 g/mol. The van der Waals surface area contributed by atoms with Crippen LogP contribution in [-0.2, 0) is 6.42 Å². The standard InChI is InChI=1S/C14H26N4S/c1-3-18(4-2)14(7-5-6-8-14)13(17-15)9-12-10-16-11-19-12/h10-11,13,17H,3-9,15H2,1-2H3. The number of hydrogen-bond acceptors (Lipinski definition) is 5. The summed E-state index contributed by atoms with van der Waals surface area (Å²) >= 11 is 1.73. The van der Waals surface area contributed by atoms with Gasteiger partial charge < -0.3 is 0 Å². The lowest BCUT2D eigenvalue weighted by Crippen LogP contribution is -2.62. The van der Waals surface area contributed by atoms with Gasteiger partial charge in [-0.15, -0.1) is 11.3 Å². The molecule has 2 rings (SSSR count). The second-order valence-corrected chi connectivity index (χ2v) is 6.34. The van der Waals surface area contributed by atoms with Gasteiger partial charge in [0.1, 0.15) is 0 Å². The van der Waals surface area contributed by atoms with E-state index in [9.17, 15) is 0 Å². The van der Waals surface area contributed by atoms with Gasteiger partial charge in [0.15, 0.2) is 0 Å². The van der Waals surface area contributed by atoms with Gasteiger partial charge in [0.05, 0.1) is 5.51 Å². The first-order chi connectivity index (χ1) is 9.26. The SMILES string of the molecule is CCN(CC)C1(C(Cc2cncs2)NN)CCCC1. The van der Waals surface area contributed by atoms with Crippen molar-refractivity contribution in [3.05, 3.63) is 16.6 Å². The summed E-state index contributed by atoms with van der Waals surface area (Å²) in [5.41, 5.74) is 5.24. The highest BCUT2D eigenvalue weighted by atomic mass is 32.1. The summed E-state index contributed by atoms with van der Waals surface area (Å²) < 4.78 is 0. The minimum Gasteiger partial charge on any atom is -0.297 e. The van der Waals surface area contributed by atoms with Crippen molar-refractivity contribution in [1.29, 1.82) is 0 Å². The minimum atomic E-state index is 0.224. The van der Waals surface area contributed by atoms with Crippen LogP contribution < -0.4 is 11.3 Å². The molecule has 0 bridgehead atoms. The van der Waals surface area contributed by atoms with Crippen LogP contribution in [0.2, 0.25) is 0 Å². The van der Waals surface area contributed by atoms with Gasteiger partial charge in [0.25, 0.3) is 0 Å². The maximum Gasteiger partial charge on any atom is 0.0794 e. The van der Waals surface area contributed by atoms with Gasteiger partial charge in [-0.25, -0.2) is 0 Å². The summed E-state index contributed by atoms with van der Waals surface area (Å²) in [7, 11) is 0. The number of hydrogen-bond donors (Lipinski definition) is 2. The number of hydrazine groups is 1. The molecule has 5 heteroatoms. The summed E-state index contributed by atoms with van der Waals surface area (Å²) in [5, 5.41) is 0. The van der Waals surface area contributed by atoms with Gasteiger partial charge in [0.2, 0.25) is 0 Å². The zero-order valence-corrected chi connectivity index (χ0v) is 12.9. The predicted octanol–water partition coefficient (Wildman–Crippen LogP) is 2.17. The van der Waals surface area contributed by atoms with Gasteiger partial charge in [-0.2, -0.15) is 0 Å². The molecule has 0 amide bonds. The summed E-state index contributed by atoms with van der Waals surface area (Å²) in [5.74, 6) is 5.91. The minimum absolute atomic E-state index is 0.224. The molecule has 0 aromatic carbocycles. The van der Waals surface area contributed by atoms with Crippen molar-refractivity contribution in [3.8, 4) is 0 Å². The zero-order chi connectivity index (χ0) is 13.7. The van der Waals surface area contributed by atoms with E-state index < -0.39 is 0 Å². The number of nitrogens with one attached hydrogen (secondary N) is 1. The van der Waals surface area contributed by atoms with Crippen LogP contribution in [0.3, 0.4) is 0 Å². The van der Waals surface area contributed by atoms with E-state index in [-0.39, 0.29) is 5.54 Å². The molecular weight excluding hydrogens is 256 g/mol. The number of nitrogens with zero attached hydrogens (tertiary/aromatic N) is 2. The van der Waals surface area contributed by atoms with Crippen molar-refractivity contribution < 1.29 is 0 Å². The Morgan fingerprint density at radius 2 is 2.11 bits per heavy atom. The van der Waals surface area contributed by atoms with Crippen LogP contribution in [0.4, 0.5) is 0 Å². The second kappa shape index (κ2) is 6.79. The lowest BCUT2D eigenvalue weighted by Gasteiger charge is -2.46. The van der Waals surface area contributed by atoms with Crippen LogP contribution in [0.1, 0.15) is 44.4 Å². The number of nitrogens with two attached hydrogens (primary N) is 1. The Morgan fingerprint density at radius 3 is 2.58 bits per heavy atom. The van der Waals surface area contributed by atoms with Crippen molar-refractivity contribution in [2.45, 2.75) is 57.5 Å². The lowest BCUT2D eigenvalue weighted by atomic mass is 9.84. The molecule has 1 saturated carbocycles. The number of thiazole rings is 1. The molecule has 0 saturated heterocycles. The van der Waals surface area contributed by atoms with Crippen LogP contribution in [0, 0.1) is 0 Å². The van der Waals surface area contributed by atoms with Gasteiger partial charge in [-0.3, -0.25) is 21.2 Å². The van der Waals surface area contributed by atoms with Gasteiger partial charge >= 0.3 is 0 Å². The summed E-state index contributed by atoms with van der Waals surface area (Å²) in [6.45, 7) is 6.70. The molecule has 3 N–H and O–H groups in total. The smallest absolute Gasteiger partial charge is 0.0794 e. The number of rotatable bonds is 7. The van der Waals surface area contributed by atoms with Gasteiger partial charge in [-0.1, -0.05) is 26.7 Å². The van der Waals surface area contributed by atoms with Crippen molar-refractivity contribution in [3.63, 3.8) is 0 Å². The largest absolute Gasteiger partial charge is 0.297 e. The maximum absolute atomic E-state index is 5.91. The van der Waals surface area contributed by atoms with E-state index in [1.165, 1.54) is 30.6 Å². The fourth-order valence-electron chi connectivity index (χ4n) is 3.67. The van der Waals surface area contributed by atoms with E-state index in [0.717, 1.165) is 19.5 Å². The van der Waals surface area contributed by atoms with E-state index in [0.29, 0.717) is 6.04 Å². The van der Waals surface area contributed by atoms with Crippen molar-refractivity contribution >= 4 is 11.3 Å². The number of aromatic nitrogens is 1. The Hall–Kier alpha value is -0.490. The Balaban J connectivity index is 2.20. The molecule has 1 fully saturated rings. The Bertz CT molecular complexity index is 356. The molecule has 1 heterocycles. The lowest BCUT2D eigenvalue weighted by molar-refractivity contribution is 0.0632. The average Bonchev–Trinajstić information content (AvgIpc) is 3.09. The van der Waals surface area contributed by atoms with E-state index >= 15 is 0 Å². The molecule has 1 atom stereocenters. The van der Waals surface area contributed by atoms with E-state index in [1.54, 1.807) is 11.3 Å². The fraction of sp³-hybridized carbons (Fsp3) is 0.786. The molecule has 108 valence electrons. The molecule has 1 aliphatic rings. The quantitative estimate of drug-likeness (QED) is 0.594. The monoisotopic (exact) mass is 282 g/mol. The Morgan fingerprint density at radius 1 is 1.42 bits per heavy atom. The highest BCUT2D eigenvalue weighted by Crippen LogP contribution is 2.39. The molecule has 1 aliphatic carbocycles. The maximum atomic E-state index is 5.91. The number of likely N-dealkylation sites (N-methyl/N-ethyl adjacent to an activating group) is 1. The third-order valence-electron chi connectivity index (χ3n) is 4.60. The Kier molecular flexibility index (Phi) is 5.33. The summed E-state index contributed by atoms with van der Waals surface area (Å²) in [4.78, 5) is 8.10. The van der Waals surface area contributed by atoms with E-state index in [2.05, 4.69) is 29.2 Å². The van der Waals surface area contributed by atoms with E-state index in [1.807, 2.05) is 11.7 Å². The predicted molar refractivity (Wildman–Crippen MR) is 81.0 cm³/mol. The van der Waals surface area contributed by atoms with E-state index in [4.69, 9.17) is 5.84 Å². The third-order valence-corrected chi connectivity index (χ3v) is 5.40. The molecule has 1 unspecified atom stereocenters. The van der Waals surface area contributed by atoms with Crippen molar-refractivity contribution in [2.24, 2.45) is 5.84 Å². The second-order valence-electron chi connectivity index (χ2n) is 5.37. The first-order valence-electron chi connectivity index (χ1n) is 7.35. The summed E-state index contributed by atoms with van der Waals surface area (Å²) in [6, 6.07) is 0.315. The topological polar surface area (TPSA) is 54.2 Å². The van der Waals surface area contributed by atoms with Crippen molar-refractivity contribution in [1.82, 2.24) is 15.3 Å². The molecule has 0 aliphatic heterocycles. The van der Waals surface area contributed by atoms with Crippen LogP contribution in [0.25, 0.3) is 0 Å². The molecule has 4 nitrogen and oxygen atoms in total. The van der Waals surface area contributed by atoms with Crippen LogP contribution in [0.15, 0.2) is 11.7 Å². The van der Waals surface area contributed by atoms with Gasteiger partial charge in [-0.05, 0) is 25.9 Å². The highest BCUT2D eigenvalue weighted by molar-refractivity contribution is 7.09. The van der Waals surface area contributed by atoms with Crippen LogP contribution in [-0.4, -0.2) is 34.6 Å². The molecule has 1 aromatic heterocycles.